The van der Waals surface area contributed by atoms with Crippen molar-refractivity contribution < 1.29 is 8.42 Å². The highest BCUT2D eigenvalue weighted by Crippen LogP contribution is 2.24. The summed E-state index contributed by atoms with van der Waals surface area (Å²) in [5.41, 5.74) is 1.16. The van der Waals surface area contributed by atoms with E-state index < -0.39 is 9.84 Å². The van der Waals surface area contributed by atoms with Gasteiger partial charge in [-0.25, -0.2) is 8.42 Å². The molecule has 0 bridgehead atoms. The van der Waals surface area contributed by atoms with Crippen LogP contribution in [0.2, 0.25) is 0 Å². The van der Waals surface area contributed by atoms with E-state index in [0.717, 1.165) is 16.5 Å². The van der Waals surface area contributed by atoms with Crippen molar-refractivity contribution >= 4 is 37.4 Å². The Balaban J connectivity index is 2.57. The molecule has 0 aromatic heterocycles. The highest BCUT2D eigenvalue weighted by atomic mass is 79.9. The molecule has 1 aromatic carbocycles. The molecule has 0 radical (unpaired) electrons. The molecule has 96 valence electrons. The normalized spacial score (nSPS) is 13.6. The Labute approximate surface area is 116 Å². The summed E-state index contributed by atoms with van der Waals surface area (Å²) in [6.45, 7) is 0. The molecule has 17 heavy (non-hydrogen) atoms. The number of halogens is 2. The van der Waals surface area contributed by atoms with E-state index in [1.807, 2.05) is 24.3 Å². The van der Waals surface area contributed by atoms with E-state index in [9.17, 15) is 8.42 Å². The molecule has 0 amide bonds. The van der Waals surface area contributed by atoms with E-state index in [0.29, 0.717) is 12.3 Å². The lowest BCUT2D eigenvalue weighted by molar-refractivity contribution is 0.592. The van der Waals surface area contributed by atoms with E-state index in [1.165, 1.54) is 6.26 Å². The summed E-state index contributed by atoms with van der Waals surface area (Å²) in [7, 11) is -2.87. The average molecular weight is 340 g/mol. The Hall–Kier alpha value is -0.0600. The molecule has 1 atom stereocenters. The van der Waals surface area contributed by atoms with E-state index >= 15 is 0 Å². The third-order valence-corrected chi connectivity index (χ3v) is 4.53. The van der Waals surface area contributed by atoms with Crippen LogP contribution in [0, 0.1) is 0 Å². The maximum atomic E-state index is 11.0. The standard InChI is InChI=1S/C12H16BrClO2S/c1-17(15,16)8-2-3-11(9-14)10-4-6-12(13)7-5-10/h4-7,11H,2-3,8-9H2,1H3. The molecule has 2 nitrogen and oxygen atoms in total. The zero-order valence-corrected chi connectivity index (χ0v) is 12.9. The highest BCUT2D eigenvalue weighted by molar-refractivity contribution is 9.10. The van der Waals surface area contributed by atoms with Gasteiger partial charge in [-0.15, -0.1) is 11.6 Å². The third-order valence-electron chi connectivity index (χ3n) is 2.60. The van der Waals surface area contributed by atoms with Gasteiger partial charge in [0, 0.05) is 22.4 Å². The van der Waals surface area contributed by atoms with Gasteiger partial charge in [0.25, 0.3) is 0 Å². The second-order valence-corrected chi connectivity index (χ2v) is 7.66. The Bertz CT molecular complexity index is 442. The van der Waals surface area contributed by atoms with Gasteiger partial charge in [-0.2, -0.15) is 0 Å². The van der Waals surface area contributed by atoms with Gasteiger partial charge in [0.1, 0.15) is 9.84 Å². The predicted octanol–water partition coefficient (Wildman–Crippen LogP) is 3.60. The first kappa shape index (κ1) is 15.0. The number of benzene rings is 1. The van der Waals surface area contributed by atoms with Crippen molar-refractivity contribution in [3.63, 3.8) is 0 Å². The van der Waals surface area contributed by atoms with Crippen molar-refractivity contribution in [2.75, 3.05) is 17.9 Å². The molecule has 0 aliphatic heterocycles. The Kier molecular flexibility index (Phi) is 5.97. The second-order valence-electron chi connectivity index (χ2n) is 4.17. The van der Waals surface area contributed by atoms with Crippen LogP contribution in [-0.2, 0) is 9.84 Å². The van der Waals surface area contributed by atoms with Crippen LogP contribution in [0.25, 0.3) is 0 Å². The molecule has 1 unspecified atom stereocenters. The zero-order valence-electron chi connectivity index (χ0n) is 9.70. The summed E-state index contributed by atoms with van der Waals surface area (Å²) in [5, 5.41) is 0. The molecule has 0 fully saturated rings. The molecule has 0 aliphatic carbocycles. The van der Waals surface area contributed by atoms with Crippen LogP contribution in [0.4, 0.5) is 0 Å². The minimum absolute atomic E-state index is 0.228. The van der Waals surface area contributed by atoms with Crippen molar-refractivity contribution in [1.29, 1.82) is 0 Å². The van der Waals surface area contributed by atoms with Gasteiger partial charge in [0.15, 0.2) is 0 Å². The van der Waals surface area contributed by atoms with Gasteiger partial charge in [0.05, 0.1) is 0 Å². The van der Waals surface area contributed by atoms with Gasteiger partial charge in [-0.1, -0.05) is 28.1 Å². The number of rotatable bonds is 6. The summed E-state index contributed by atoms with van der Waals surface area (Å²) in [5.74, 6) is 0.981. The lowest BCUT2D eigenvalue weighted by atomic mass is 9.96. The van der Waals surface area contributed by atoms with E-state index in [4.69, 9.17) is 11.6 Å². The van der Waals surface area contributed by atoms with Gasteiger partial charge in [-0.3, -0.25) is 0 Å². The molecule has 0 N–H and O–H groups in total. The van der Waals surface area contributed by atoms with Gasteiger partial charge in [0.2, 0.25) is 0 Å². The fourth-order valence-electron chi connectivity index (χ4n) is 1.66. The fraction of sp³-hybridized carbons (Fsp3) is 0.500. The fourth-order valence-corrected chi connectivity index (χ4v) is 2.95. The zero-order chi connectivity index (χ0) is 12.9. The van der Waals surface area contributed by atoms with Gasteiger partial charge in [-0.05, 0) is 36.5 Å². The highest BCUT2D eigenvalue weighted by Gasteiger charge is 2.11. The maximum absolute atomic E-state index is 11.0. The number of hydrogen-bond donors (Lipinski definition) is 0. The van der Waals surface area contributed by atoms with Crippen LogP contribution in [0.1, 0.15) is 24.3 Å². The van der Waals surface area contributed by atoms with Crippen LogP contribution >= 0.6 is 27.5 Å². The monoisotopic (exact) mass is 338 g/mol. The van der Waals surface area contributed by atoms with Crippen LogP contribution in [0.5, 0.6) is 0 Å². The first-order chi connectivity index (χ1) is 7.92. The molecule has 0 spiro atoms. The SMILES string of the molecule is CS(=O)(=O)CCCC(CCl)c1ccc(Br)cc1. The first-order valence-electron chi connectivity index (χ1n) is 5.41. The smallest absolute Gasteiger partial charge is 0.147 e. The van der Waals surface area contributed by atoms with Crippen LogP contribution in [0.3, 0.4) is 0 Å². The molecule has 1 aromatic rings. The third kappa shape index (κ3) is 5.89. The van der Waals surface area contributed by atoms with Crippen molar-refractivity contribution in [3.8, 4) is 0 Å². The van der Waals surface area contributed by atoms with Crippen molar-refractivity contribution in [2.24, 2.45) is 0 Å². The molecule has 5 heteroatoms. The first-order valence-corrected chi connectivity index (χ1v) is 8.80. The Morgan fingerprint density at radius 3 is 2.35 bits per heavy atom. The van der Waals surface area contributed by atoms with E-state index in [1.54, 1.807) is 0 Å². The summed E-state index contributed by atoms with van der Waals surface area (Å²) >= 11 is 9.31. The van der Waals surface area contributed by atoms with Crippen LogP contribution < -0.4 is 0 Å². The second kappa shape index (κ2) is 6.76. The molecule has 0 saturated heterocycles. The molecular formula is C12H16BrClO2S. The van der Waals surface area contributed by atoms with Crippen LogP contribution in [0.15, 0.2) is 28.7 Å². The summed E-state index contributed by atoms with van der Waals surface area (Å²) in [6.07, 6.45) is 2.73. The molecule has 1 rings (SSSR count). The maximum Gasteiger partial charge on any atom is 0.147 e. The average Bonchev–Trinajstić information content (AvgIpc) is 2.24. The predicted molar refractivity (Wildman–Crippen MR) is 76.5 cm³/mol. The van der Waals surface area contributed by atoms with Crippen LogP contribution in [-0.4, -0.2) is 26.3 Å². The van der Waals surface area contributed by atoms with E-state index in [-0.39, 0.29) is 11.7 Å². The van der Waals surface area contributed by atoms with Gasteiger partial charge < -0.3 is 0 Å². The minimum atomic E-state index is -2.87. The Morgan fingerprint density at radius 2 is 1.88 bits per heavy atom. The lowest BCUT2D eigenvalue weighted by Crippen LogP contribution is -2.07. The van der Waals surface area contributed by atoms with Crippen molar-refractivity contribution in [2.45, 2.75) is 18.8 Å². The molecular weight excluding hydrogens is 324 g/mol. The quantitative estimate of drug-likeness (QED) is 0.742. The molecule has 0 aliphatic rings. The summed E-state index contributed by atoms with van der Waals surface area (Å²) in [6, 6.07) is 8.01. The van der Waals surface area contributed by atoms with E-state index in [2.05, 4.69) is 15.9 Å². The molecule has 0 heterocycles. The molecule has 0 saturated carbocycles. The van der Waals surface area contributed by atoms with Crippen molar-refractivity contribution in [1.82, 2.24) is 0 Å². The minimum Gasteiger partial charge on any atom is -0.229 e. The largest absolute Gasteiger partial charge is 0.229 e. The van der Waals surface area contributed by atoms with Gasteiger partial charge >= 0.3 is 0 Å². The lowest BCUT2D eigenvalue weighted by Gasteiger charge is -2.14. The Morgan fingerprint density at radius 1 is 1.29 bits per heavy atom. The summed E-state index contributed by atoms with van der Waals surface area (Å²) < 4.78 is 23.1. The number of alkyl halides is 1. The number of sulfone groups is 1. The number of hydrogen-bond acceptors (Lipinski definition) is 2. The topological polar surface area (TPSA) is 34.1 Å². The summed E-state index contributed by atoms with van der Waals surface area (Å²) in [4.78, 5) is 0. The van der Waals surface area contributed by atoms with Crippen molar-refractivity contribution in [3.05, 3.63) is 34.3 Å².